The molecular formula is C44H32N2. The summed E-state index contributed by atoms with van der Waals surface area (Å²) in [6, 6.07) is 54.6. The zero-order valence-corrected chi connectivity index (χ0v) is 25.4. The third kappa shape index (κ3) is 4.18. The highest BCUT2D eigenvalue weighted by atomic mass is 15.2. The highest BCUT2D eigenvalue weighted by molar-refractivity contribution is 6.18. The second-order valence-corrected chi connectivity index (χ2v) is 12.0. The summed E-state index contributed by atoms with van der Waals surface area (Å²) >= 11 is 0. The van der Waals surface area contributed by atoms with Gasteiger partial charge in [0.2, 0.25) is 0 Å². The van der Waals surface area contributed by atoms with Gasteiger partial charge in [0.15, 0.2) is 0 Å². The van der Waals surface area contributed by atoms with Gasteiger partial charge in [-0.25, -0.2) is 0 Å². The minimum absolute atomic E-state index is 0.0650. The van der Waals surface area contributed by atoms with Crippen LogP contribution in [0.25, 0.3) is 33.7 Å². The predicted molar refractivity (Wildman–Crippen MR) is 196 cm³/mol. The Balaban J connectivity index is 1.28. The molecule has 0 amide bonds. The van der Waals surface area contributed by atoms with E-state index in [0.29, 0.717) is 0 Å². The zero-order chi connectivity index (χ0) is 30.5. The maximum absolute atomic E-state index is 2.47. The molecule has 0 saturated heterocycles. The first-order valence-electron chi connectivity index (χ1n) is 16.1. The van der Waals surface area contributed by atoms with Gasteiger partial charge in [-0.3, -0.25) is 0 Å². The fourth-order valence-electron chi connectivity index (χ4n) is 7.58. The number of anilines is 5. The second kappa shape index (κ2) is 10.9. The van der Waals surface area contributed by atoms with Crippen molar-refractivity contribution in [3.63, 3.8) is 0 Å². The molecule has 2 heteroatoms. The lowest BCUT2D eigenvalue weighted by Gasteiger charge is -2.36. The van der Waals surface area contributed by atoms with Crippen LogP contribution in [-0.4, -0.2) is 0 Å². The highest BCUT2D eigenvalue weighted by Gasteiger charge is 2.29. The van der Waals surface area contributed by atoms with Gasteiger partial charge in [-0.2, -0.15) is 0 Å². The third-order valence-corrected chi connectivity index (χ3v) is 9.49. The van der Waals surface area contributed by atoms with Crippen molar-refractivity contribution < 1.29 is 0 Å². The summed E-state index contributed by atoms with van der Waals surface area (Å²) in [6.45, 7) is 0. The Bertz CT molecular complexity index is 2190. The molecule has 0 radical (unpaired) electrons. The Morgan fingerprint density at radius 1 is 0.457 bits per heavy atom. The van der Waals surface area contributed by atoms with Gasteiger partial charge in [0, 0.05) is 28.3 Å². The van der Waals surface area contributed by atoms with E-state index in [2.05, 4.69) is 186 Å². The lowest BCUT2D eigenvalue weighted by molar-refractivity contribution is 0.858. The maximum Gasteiger partial charge on any atom is 0.0785 e. The normalized spacial score (nSPS) is 14.5. The molecule has 0 spiro atoms. The van der Waals surface area contributed by atoms with E-state index in [1.165, 1.54) is 60.9 Å². The molecule has 1 unspecified atom stereocenters. The number of allylic oxidation sites excluding steroid dienone is 1. The SMILES string of the molecule is C1=Cc2c(N(c3ccccc3)c3ccccc3)ccc3c2c(c2c4c(cccc43)C(N(c3ccccc3)c3ccccc3)C=C2)C1. The molecule has 218 valence electrons. The Morgan fingerprint density at radius 2 is 1.02 bits per heavy atom. The molecule has 2 aliphatic rings. The number of hydrogen-bond acceptors (Lipinski definition) is 2. The van der Waals surface area contributed by atoms with Gasteiger partial charge in [0.05, 0.1) is 11.7 Å². The van der Waals surface area contributed by atoms with E-state index in [0.717, 1.165) is 17.8 Å². The van der Waals surface area contributed by atoms with Crippen molar-refractivity contribution >= 4 is 62.1 Å². The number of fused-ring (bicyclic) bond motifs is 2. The molecule has 2 nitrogen and oxygen atoms in total. The largest absolute Gasteiger partial charge is 0.330 e. The molecule has 0 N–H and O–H groups in total. The van der Waals surface area contributed by atoms with Crippen molar-refractivity contribution in [1.29, 1.82) is 0 Å². The molecule has 0 heterocycles. The Labute approximate surface area is 269 Å². The van der Waals surface area contributed by atoms with Gasteiger partial charge in [0.1, 0.15) is 0 Å². The van der Waals surface area contributed by atoms with Gasteiger partial charge in [0.25, 0.3) is 0 Å². The smallest absolute Gasteiger partial charge is 0.0785 e. The molecule has 7 aromatic carbocycles. The van der Waals surface area contributed by atoms with Crippen LogP contribution in [-0.2, 0) is 6.42 Å². The van der Waals surface area contributed by atoms with E-state index in [-0.39, 0.29) is 6.04 Å². The molecule has 9 rings (SSSR count). The van der Waals surface area contributed by atoms with Crippen LogP contribution in [0.4, 0.5) is 28.4 Å². The van der Waals surface area contributed by atoms with Crippen LogP contribution >= 0.6 is 0 Å². The highest BCUT2D eigenvalue weighted by Crippen LogP contribution is 2.49. The third-order valence-electron chi connectivity index (χ3n) is 9.49. The van der Waals surface area contributed by atoms with Gasteiger partial charge in [-0.15, -0.1) is 0 Å². The van der Waals surface area contributed by atoms with E-state index in [9.17, 15) is 0 Å². The quantitative estimate of drug-likeness (QED) is 0.178. The minimum Gasteiger partial charge on any atom is -0.330 e. The Morgan fingerprint density at radius 3 is 1.63 bits per heavy atom. The van der Waals surface area contributed by atoms with Crippen molar-refractivity contribution in [2.75, 3.05) is 9.80 Å². The topological polar surface area (TPSA) is 6.48 Å². The van der Waals surface area contributed by atoms with Crippen LogP contribution in [0.5, 0.6) is 0 Å². The Kier molecular flexibility index (Phi) is 6.31. The Hall–Kier alpha value is -5.86. The first kappa shape index (κ1) is 26.5. The van der Waals surface area contributed by atoms with Crippen LogP contribution in [0.3, 0.4) is 0 Å². The lowest BCUT2D eigenvalue weighted by atomic mass is 9.79. The first-order valence-corrected chi connectivity index (χ1v) is 16.1. The van der Waals surface area contributed by atoms with E-state index >= 15 is 0 Å². The van der Waals surface area contributed by atoms with Crippen LogP contribution in [0, 0.1) is 0 Å². The van der Waals surface area contributed by atoms with Crippen LogP contribution < -0.4 is 9.80 Å². The fraction of sp³-hybridized carbons (Fsp3) is 0.0455. The number of nitrogens with zero attached hydrogens (tertiary/aromatic N) is 2. The average molecular weight is 589 g/mol. The lowest BCUT2D eigenvalue weighted by Crippen LogP contribution is -2.24. The molecule has 46 heavy (non-hydrogen) atoms. The monoisotopic (exact) mass is 588 g/mol. The van der Waals surface area contributed by atoms with E-state index < -0.39 is 0 Å². The molecule has 0 aromatic heterocycles. The molecule has 0 saturated carbocycles. The number of benzene rings is 7. The maximum atomic E-state index is 2.47. The molecule has 1 atom stereocenters. The van der Waals surface area contributed by atoms with Crippen molar-refractivity contribution in [3.8, 4) is 0 Å². The molecule has 0 bridgehead atoms. The summed E-state index contributed by atoms with van der Waals surface area (Å²) in [5, 5.41) is 5.37. The van der Waals surface area contributed by atoms with Gasteiger partial charge >= 0.3 is 0 Å². The first-order chi connectivity index (χ1) is 22.9. The van der Waals surface area contributed by atoms with Crippen molar-refractivity contribution in [3.05, 3.63) is 186 Å². The van der Waals surface area contributed by atoms with Crippen molar-refractivity contribution in [1.82, 2.24) is 0 Å². The summed E-state index contributed by atoms with van der Waals surface area (Å²) in [6.07, 6.45) is 10.4. The summed E-state index contributed by atoms with van der Waals surface area (Å²) in [5.74, 6) is 0. The molecule has 0 fully saturated rings. The number of hydrogen-bond donors (Lipinski definition) is 0. The molecule has 2 aliphatic carbocycles. The standard InChI is InChI=1S/C44H32N2/c1-5-15-31(16-6-1)45(32-17-7-2-8-18-32)41-29-27-37-36-24-14-26-40-42(30-28-38(44(36)40)35-23-13-25-39(41)43(35)37)46(33-19-9-3-10-20-33)34-21-11-4-12-22-34/h1-23,25-30,41H,24H2. The minimum atomic E-state index is 0.0650. The van der Waals surface area contributed by atoms with Crippen molar-refractivity contribution in [2.45, 2.75) is 12.5 Å². The second-order valence-electron chi connectivity index (χ2n) is 12.0. The fourth-order valence-corrected chi connectivity index (χ4v) is 7.58. The van der Waals surface area contributed by atoms with Crippen LogP contribution in [0.1, 0.15) is 28.3 Å². The zero-order valence-electron chi connectivity index (χ0n) is 25.4. The number of para-hydroxylation sites is 4. The summed E-state index contributed by atoms with van der Waals surface area (Å²) in [5.41, 5.74) is 11.3. The van der Waals surface area contributed by atoms with Crippen molar-refractivity contribution in [2.24, 2.45) is 0 Å². The molecule has 7 aromatic rings. The van der Waals surface area contributed by atoms with E-state index in [4.69, 9.17) is 0 Å². The molecule has 0 aliphatic heterocycles. The van der Waals surface area contributed by atoms with Gasteiger partial charge in [-0.05, 0) is 99.3 Å². The summed E-state index contributed by atoms with van der Waals surface area (Å²) in [4.78, 5) is 4.86. The summed E-state index contributed by atoms with van der Waals surface area (Å²) in [7, 11) is 0. The number of rotatable bonds is 6. The molecular weight excluding hydrogens is 556 g/mol. The van der Waals surface area contributed by atoms with Crippen LogP contribution in [0.15, 0.2) is 164 Å². The summed E-state index contributed by atoms with van der Waals surface area (Å²) < 4.78 is 0. The van der Waals surface area contributed by atoms with E-state index in [1.807, 2.05) is 0 Å². The van der Waals surface area contributed by atoms with Crippen LogP contribution in [0.2, 0.25) is 0 Å². The predicted octanol–water partition coefficient (Wildman–Crippen LogP) is 11.9. The van der Waals surface area contributed by atoms with Gasteiger partial charge in [-0.1, -0.05) is 121 Å². The van der Waals surface area contributed by atoms with Gasteiger partial charge < -0.3 is 9.80 Å². The average Bonchev–Trinajstić information content (AvgIpc) is 3.13. The van der Waals surface area contributed by atoms with E-state index in [1.54, 1.807) is 0 Å².